The molecule has 6 heteroatoms. The van der Waals surface area contributed by atoms with Crippen LogP contribution in [0.25, 0.3) is 10.8 Å². The minimum Gasteiger partial charge on any atom is -0.440 e. The first-order valence-corrected chi connectivity index (χ1v) is 7.59. The summed E-state index contributed by atoms with van der Waals surface area (Å²) in [4.78, 5) is 7.89. The van der Waals surface area contributed by atoms with Crippen LogP contribution in [0.2, 0.25) is 0 Å². The van der Waals surface area contributed by atoms with Gasteiger partial charge in [0.2, 0.25) is 5.89 Å². The Kier molecular flexibility index (Phi) is 4.16. The summed E-state index contributed by atoms with van der Waals surface area (Å²) in [6.45, 7) is 4.99. The number of hydrogen-bond acceptors (Lipinski definition) is 6. The average Bonchev–Trinajstić information content (AvgIpc) is 3.10. The maximum absolute atomic E-state index is 9.17. The summed E-state index contributed by atoms with van der Waals surface area (Å²) in [7, 11) is 0. The molecule has 1 aliphatic rings. The lowest BCUT2D eigenvalue weighted by atomic mass is 10.2. The number of nitrogens with zero attached hydrogens (tertiary/aromatic N) is 2. The third-order valence-electron chi connectivity index (χ3n) is 3.42. The van der Waals surface area contributed by atoms with E-state index in [9.17, 15) is 5.11 Å². The number of oxazole rings is 1. The van der Waals surface area contributed by atoms with E-state index in [0.29, 0.717) is 12.5 Å². The highest BCUT2D eigenvalue weighted by Crippen LogP contribution is 2.26. The molecule has 1 N–H and O–H groups in total. The molecule has 1 saturated heterocycles. The van der Waals surface area contributed by atoms with E-state index in [1.54, 1.807) is 11.3 Å². The van der Waals surface area contributed by atoms with Gasteiger partial charge < -0.3 is 14.3 Å². The van der Waals surface area contributed by atoms with Gasteiger partial charge in [-0.2, -0.15) is 0 Å². The molecule has 2 aromatic rings. The van der Waals surface area contributed by atoms with Gasteiger partial charge in [-0.25, -0.2) is 4.98 Å². The SMILES string of the molecule is Cc1oc(-c2cccs2)nc1CN1CCOC(CO)C1. The van der Waals surface area contributed by atoms with Crippen molar-refractivity contribution < 1.29 is 14.3 Å². The van der Waals surface area contributed by atoms with Crippen molar-refractivity contribution in [3.05, 3.63) is 29.0 Å². The number of morpholine rings is 1. The highest BCUT2D eigenvalue weighted by molar-refractivity contribution is 7.13. The Morgan fingerprint density at radius 3 is 3.20 bits per heavy atom. The fourth-order valence-electron chi connectivity index (χ4n) is 2.33. The first-order valence-electron chi connectivity index (χ1n) is 6.71. The van der Waals surface area contributed by atoms with Gasteiger partial charge in [0.15, 0.2) is 0 Å². The van der Waals surface area contributed by atoms with Crippen molar-refractivity contribution in [3.63, 3.8) is 0 Å². The van der Waals surface area contributed by atoms with Gasteiger partial charge in [-0.3, -0.25) is 4.90 Å². The normalized spacial score (nSPS) is 20.4. The third kappa shape index (κ3) is 2.93. The summed E-state index contributed by atoms with van der Waals surface area (Å²) in [5.74, 6) is 1.56. The van der Waals surface area contributed by atoms with Crippen molar-refractivity contribution in [2.45, 2.75) is 19.6 Å². The van der Waals surface area contributed by atoms with E-state index in [4.69, 9.17) is 9.15 Å². The van der Waals surface area contributed by atoms with Crippen LogP contribution < -0.4 is 0 Å². The molecule has 0 spiro atoms. The molecule has 1 unspecified atom stereocenters. The Morgan fingerprint density at radius 2 is 2.45 bits per heavy atom. The number of aryl methyl sites for hydroxylation is 1. The molecule has 0 aromatic carbocycles. The fraction of sp³-hybridized carbons (Fsp3) is 0.500. The van der Waals surface area contributed by atoms with Crippen molar-refractivity contribution in [2.24, 2.45) is 0 Å². The maximum Gasteiger partial charge on any atom is 0.236 e. The second-order valence-corrected chi connectivity index (χ2v) is 5.86. The number of thiophene rings is 1. The standard InChI is InChI=1S/C14H18N2O3S/c1-10-12(8-16-4-5-18-11(7-16)9-17)15-14(19-10)13-3-2-6-20-13/h2-3,6,11,17H,4-5,7-9H2,1H3. The second-order valence-electron chi connectivity index (χ2n) is 4.91. The summed E-state index contributed by atoms with van der Waals surface area (Å²) in [6, 6.07) is 4.00. The largest absolute Gasteiger partial charge is 0.440 e. The zero-order valence-electron chi connectivity index (χ0n) is 11.4. The van der Waals surface area contributed by atoms with Gasteiger partial charge in [0.1, 0.15) is 5.76 Å². The smallest absolute Gasteiger partial charge is 0.236 e. The van der Waals surface area contributed by atoms with Gasteiger partial charge in [0.25, 0.3) is 0 Å². The van der Waals surface area contributed by atoms with Gasteiger partial charge in [0, 0.05) is 19.6 Å². The Balaban J connectivity index is 1.71. The van der Waals surface area contributed by atoms with Crippen molar-refractivity contribution >= 4 is 11.3 Å². The Labute approximate surface area is 121 Å². The van der Waals surface area contributed by atoms with E-state index < -0.39 is 0 Å². The minimum atomic E-state index is -0.0901. The maximum atomic E-state index is 9.17. The Morgan fingerprint density at radius 1 is 1.55 bits per heavy atom. The molecule has 108 valence electrons. The molecule has 1 fully saturated rings. The van der Waals surface area contributed by atoms with Crippen LogP contribution in [0, 0.1) is 6.92 Å². The minimum absolute atomic E-state index is 0.0642. The first kappa shape index (κ1) is 13.8. The summed E-state index contributed by atoms with van der Waals surface area (Å²) >= 11 is 1.63. The van der Waals surface area contributed by atoms with Gasteiger partial charge in [-0.15, -0.1) is 11.3 Å². The fourth-order valence-corrected chi connectivity index (χ4v) is 2.98. The summed E-state index contributed by atoms with van der Waals surface area (Å²) in [5.41, 5.74) is 0.965. The van der Waals surface area contributed by atoms with E-state index >= 15 is 0 Å². The van der Waals surface area contributed by atoms with Crippen molar-refractivity contribution in [1.82, 2.24) is 9.88 Å². The highest BCUT2D eigenvalue weighted by Gasteiger charge is 2.22. The third-order valence-corrected chi connectivity index (χ3v) is 4.28. The van der Waals surface area contributed by atoms with Crippen LogP contribution in [0.4, 0.5) is 0 Å². The summed E-state index contributed by atoms with van der Waals surface area (Å²) in [6.07, 6.45) is -0.0901. The topological polar surface area (TPSA) is 58.7 Å². The second kappa shape index (κ2) is 6.05. The van der Waals surface area contributed by atoms with Crippen molar-refractivity contribution in [2.75, 3.05) is 26.3 Å². The number of aliphatic hydroxyl groups is 1. The lowest BCUT2D eigenvalue weighted by Crippen LogP contribution is -2.43. The molecule has 5 nitrogen and oxygen atoms in total. The molecule has 1 atom stereocenters. The predicted octanol–water partition coefficient (Wildman–Crippen LogP) is 1.90. The van der Waals surface area contributed by atoms with Crippen molar-refractivity contribution in [3.8, 4) is 10.8 Å². The number of rotatable bonds is 4. The lowest BCUT2D eigenvalue weighted by molar-refractivity contribution is -0.0554. The number of hydrogen-bond donors (Lipinski definition) is 1. The zero-order chi connectivity index (χ0) is 13.9. The molecule has 3 rings (SSSR count). The molecule has 0 aliphatic carbocycles. The number of aliphatic hydroxyl groups excluding tert-OH is 1. The molecule has 1 aliphatic heterocycles. The molecule has 0 radical (unpaired) electrons. The van der Waals surface area contributed by atoms with E-state index in [1.165, 1.54) is 0 Å². The number of ether oxygens (including phenoxy) is 1. The van der Waals surface area contributed by atoms with Crippen LogP contribution >= 0.6 is 11.3 Å². The van der Waals surface area contributed by atoms with Crippen LogP contribution in [0.1, 0.15) is 11.5 Å². The van der Waals surface area contributed by atoms with Gasteiger partial charge in [-0.1, -0.05) is 6.07 Å². The molecule has 0 saturated carbocycles. The predicted molar refractivity (Wildman–Crippen MR) is 76.7 cm³/mol. The quantitative estimate of drug-likeness (QED) is 0.933. The van der Waals surface area contributed by atoms with Gasteiger partial charge >= 0.3 is 0 Å². The summed E-state index contributed by atoms with van der Waals surface area (Å²) < 4.78 is 11.2. The van der Waals surface area contributed by atoms with Crippen LogP contribution in [0.3, 0.4) is 0 Å². The Hall–Kier alpha value is -1.21. The van der Waals surface area contributed by atoms with Crippen LogP contribution in [0.5, 0.6) is 0 Å². The monoisotopic (exact) mass is 294 g/mol. The van der Waals surface area contributed by atoms with E-state index in [1.807, 2.05) is 24.4 Å². The molecular formula is C14H18N2O3S. The molecule has 0 bridgehead atoms. The molecule has 20 heavy (non-hydrogen) atoms. The lowest BCUT2D eigenvalue weighted by Gasteiger charge is -2.31. The van der Waals surface area contributed by atoms with Crippen LogP contribution in [-0.4, -0.2) is 47.4 Å². The van der Waals surface area contributed by atoms with Gasteiger partial charge in [-0.05, 0) is 18.4 Å². The molecular weight excluding hydrogens is 276 g/mol. The molecule has 0 amide bonds. The first-order chi connectivity index (χ1) is 9.76. The van der Waals surface area contributed by atoms with Crippen LogP contribution in [-0.2, 0) is 11.3 Å². The van der Waals surface area contributed by atoms with Crippen molar-refractivity contribution in [1.29, 1.82) is 0 Å². The van der Waals surface area contributed by atoms with Crippen LogP contribution in [0.15, 0.2) is 21.9 Å². The number of aromatic nitrogens is 1. The summed E-state index contributed by atoms with van der Waals surface area (Å²) in [5, 5.41) is 11.2. The Bertz CT molecular complexity index is 553. The molecule has 2 aromatic heterocycles. The average molecular weight is 294 g/mol. The van der Waals surface area contributed by atoms with E-state index in [-0.39, 0.29) is 12.7 Å². The zero-order valence-corrected chi connectivity index (χ0v) is 12.2. The van der Waals surface area contributed by atoms with Gasteiger partial charge in [0.05, 0.1) is 29.9 Å². The van der Waals surface area contributed by atoms with E-state index in [0.717, 1.165) is 36.0 Å². The highest BCUT2D eigenvalue weighted by atomic mass is 32.1. The van der Waals surface area contributed by atoms with E-state index in [2.05, 4.69) is 9.88 Å². The molecule has 3 heterocycles.